The first kappa shape index (κ1) is 48.0. The van der Waals surface area contributed by atoms with Crippen molar-refractivity contribution in [1.82, 2.24) is 6.15 Å². The van der Waals surface area contributed by atoms with E-state index in [4.69, 9.17) is 9.46 Å². The molecule has 3 heterocycles. The van der Waals surface area contributed by atoms with Crippen molar-refractivity contribution in [1.29, 1.82) is 0 Å². The quantitative estimate of drug-likeness (QED) is 0.0999. The summed E-state index contributed by atoms with van der Waals surface area (Å²) >= 11 is 8.83. The molecule has 1 unspecified atom stereocenters. The Morgan fingerprint density at radius 2 is 0.776 bits per heavy atom. The van der Waals surface area contributed by atoms with E-state index in [1.54, 1.807) is 23.5 Å². The SMILES string of the molecule is BrCC1=Cc2ccccc2Sc2ccccc21.C.N.O=P([O-])(CC1=Cc2ccccc2Sc2ccccc21)CC1=Cc2ccccc2Sc2ccccc21.O=[PH+]O.[Na+]. The van der Waals surface area contributed by atoms with Crippen LogP contribution >= 0.6 is 67.3 Å². The molecule has 3 aliphatic heterocycles. The third-order valence-electron chi connectivity index (χ3n) is 9.07. The molecular formula is C46H42BrNNaO4P2S3+. The van der Waals surface area contributed by atoms with Crippen LogP contribution in [0.15, 0.2) is 175 Å². The van der Waals surface area contributed by atoms with Crippen LogP contribution in [0.2, 0.25) is 0 Å². The smallest absolute Gasteiger partial charge is 0.799 e. The van der Waals surface area contributed by atoms with Gasteiger partial charge < -0.3 is 15.6 Å². The van der Waals surface area contributed by atoms with E-state index in [1.807, 2.05) is 72.4 Å². The Morgan fingerprint density at radius 1 is 0.517 bits per heavy atom. The molecule has 0 bridgehead atoms. The minimum atomic E-state index is -3.81. The summed E-state index contributed by atoms with van der Waals surface area (Å²) in [7, 11) is -4.97. The van der Waals surface area contributed by atoms with E-state index < -0.39 is 16.1 Å². The van der Waals surface area contributed by atoms with Crippen LogP contribution in [0.1, 0.15) is 40.8 Å². The second-order valence-electron chi connectivity index (χ2n) is 12.8. The summed E-state index contributed by atoms with van der Waals surface area (Å²) in [5.74, 6) is 0. The fourth-order valence-corrected chi connectivity index (χ4v) is 12.0. The van der Waals surface area contributed by atoms with E-state index >= 15 is 0 Å². The van der Waals surface area contributed by atoms with Gasteiger partial charge in [0.2, 0.25) is 0 Å². The topological polar surface area (TPSA) is 112 Å². The predicted octanol–water partition coefficient (Wildman–Crippen LogP) is 10.8. The van der Waals surface area contributed by atoms with Gasteiger partial charge in [0.25, 0.3) is 0 Å². The average Bonchev–Trinajstić information content (AvgIpc) is 3.54. The van der Waals surface area contributed by atoms with Gasteiger partial charge in [-0.15, -0.1) is 0 Å². The van der Waals surface area contributed by atoms with Gasteiger partial charge >= 0.3 is 38.2 Å². The van der Waals surface area contributed by atoms with Crippen molar-refractivity contribution in [2.75, 3.05) is 17.7 Å². The number of alkyl halides is 1. The summed E-state index contributed by atoms with van der Waals surface area (Å²) in [6.45, 7) is 0. The zero-order chi connectivity index (χ0) is 38.2. The van der Waals surface area contributed by atoms with Gasteiger partial charge in [-0.25, -0.2) is 0 Å². The minimum Gasteiger partial charge on any atom is -0.799 e. The molecule has 6 aromatic rings. The molecule has 0 aromatic heterocycles. The molecule has 0 saturated carbocycles. The van der Waals surface area contributed by atoms with Gasteiger partial charge in [-0.05, 0) is 109 Å². The number of allylic oxidation sites excluding steroid dienone is 3. The Balaban J connectivity index is 0.000000273. The van der Waals surface area contributed by atoms with E-state index in [9.17, 15) is 9.46 Å². The Bertz CT molecular complexity index is 2420. The van der Waals surface area contributed by atoms with E-state index in [0.717, 1.165) is 58.3 Å². The van der Waals surface area contributed by atoms with Crippen molar-refractivity contribution >= 4 is 102 Å². The molecule has 0 radical (unpaired) electrons. The van der Waals surface area contributed by atoms with Crippen LogP contribution < -0.4 is 40.6 Å². The number of halogens is 1. The average molecular weight is 934 g/mol. The van der Waals surface area contributed by atoms with Gasteiger partial charge in [0.1, 0.15) is 0 Å². The monoisotopic (exact) mass is 932 g/mol. The van der Waals surface area contributed by atoms with Crippen LogP contribution in [0.25, 0.3) is 34.9 Å². The van der Waals surface area contributed by atoms with Gasteiger partial charge in [0.05, 0.1) is 0 Å². The van der Waals surface area contributed by atoms with Gasteiger partial charge in [-0.3, -0.25) is 0 Å². The summed E-state index contributed by atoms with van der Waals surface area (Å²) in [4.78, 5) is 27.9. The van der Waals surface area contributed by atoms with E-state index in [1.165, 1.54) is 26.5 Å². The standard InChI is InChI=1S/C30H23O2PS2.C15H11BrS.CH4.H3N.Na.HO2P/c31-33(32,19-23-17-21-9-1-5-13-27(21)34-29-15-7-3-11-25(23)29)20-24-18-22-10-2-6-14-28(22)35-30-16-8-4-12-26(24)30;16-10-12-9-11-5-1-3-7-14(11)17-15-8-4-2-6-13(12)15;;;;1-3-2/h1-18H,19-20H2,(H,31,32);1-9H,10H2;1H4;1H3;;3H/q;;;;+1;. The van der Waals surface area contributed by atoms with Crippen LogP contribution in [0.4, 0.5) is 0 Å². The first-order chi connectivity index (χ1) is 26.9. The molecule has 0 fully saturated rings. The van der Waals surface area contributed by atoms with Crippen molar-refractivity contribution in [2.24, 2.45) is 0 Å². The molecular weight excluding hydrogens is 892 g/mol. The van der Waals surface area contributed by atoms with Crippen LogP contribution in [0.5, 0.6) is 0 Å². The van der Waals surface area contributed by atoms with Gasteiger partial charge in [-0.2, -0.15) is 4.89 Å². The molecule has 0 spiro atoms. The van der Waals surface area contributed by atoms with Crippen molar-refractivity contribution in [3.8, 4) is 0 Å². The van der Waals surface area contributed by atoms with Gasteiger partial charge in [0, 0.05) is 54.4 Å². The number of fused-ring (bicyclic) bond motifs is 6. The zero-order valence-corrected chi connectivity index (χ0v) is 39.1. The maximum Gasteiger partial charge on any atom is 1.00 e. The molecule has 290 valence electrons. The summed E-state index contributed by atoms with van der Waals surface area (Å²) in [6.07, 6.45) is 6.43. The van der Waals surface area contributed by atoms with Gasteiger partial charge in [-0.1, -0.05) is 168 Å². The van der Waals surface area contributed by atoms with Crippen LogP contribution in [0.3, 0.4) is 0 Å². The third kappa shape index (κ3) is 11.8. The van der Waals surface area contributed by atoms with E-state index in [2.05, 4.69) is 119 Å². The molecule has 4 N–H and O–H groups in total. The molecule has 6 aromatic carbocycles. The largest absolute Gasteiger partial charge is 1.00 e. The van der Waals surface area contributed by atoms with Crippen LogP contribution in [-0.4, -0.2) is 22.5 Å². The Hall–Kier alpha value is -2.72. The number of hydrogen-bond acceptors (Lipinski definition) is 7. The number of rotatable bonds is 5. The zero-order valence-electron chi connectivity index (χ0n) is 31.1. The second-order valence-corrected chi connectivity index (χ2v) is 19.0. The van der Waals surface area contributed by atoms with Crippen molar-refractivity contribution in [3.63, 3.8) is 0 Å². The Labute approximate surface area is 386 Å². The second kappa shape index (κ2) is 22.8. The Kier molecular flexibility index (Phi) is 18.8. The van der Waals surface area contributed by atoms with Gasteiger partial charge in [0.15, 0.2) is 0 Å². The molecule has 3 aliphatic rings. The first-order valence-electron chi connectivity index (χ1n) is 17.4. The van der Waals surface area contributed by atoms with Crippen molar-refractivity contribution in [2.45, 2.75) is 36.8 Å². The molecule has 0 saturated heterocycles. The summed E-state index contributed by atoms with van der Waals surface area (Å²) < 4.78 is 22.3. The maximum atomic E-state index is 13.8. The fourth-order valence-electron chi connectivity index (χ4n) is 6.64. The third-order valence-corrected chi connectivity index (χ3v) is 14.8. The first-order valence-corrected chi connectivity index (χ1v) is 23.8. The summed E-state index contributed by atoms with van der Waals surface area (Å²) in [6, 6.07) is 49.7. The maximum absolute atomic E-state index is 13.8. The summed E-state index contributed by atoms with van der Waals surface area (Å²) in [5, 5.41) is 0.888. The molecule has 5 nitrogen and oxygen atoms in total. The molecule has 0 amide bonds. The normalized spacial score (nSPS) is 12.9. The Morgan fingerprint density at radius 3 is 1.10 bits per heavy atom. The molecule has 0 aliphatic carbocycles. The number of hydrogen-bond donors (Lipinski definition) is 2. The molecule has 9 rings (SSSR count). The summed E-state index contributed by atoms with van der Waals surface area (Å²) in [5.41, 5.74) is 9.83. The van der Waals surface area contributed by atoms with Crippen LogP contribution in [-0.2, 0) is 9.13 Å². The molecule has 12 heteroatoms. The predicted molar refractivity (Wildman–Crippen MR) is 249 cm³/mol. The number of benzene rings is 6. The van der Waals surface area contributed by atoms with Crippen LogP contribution in [0, 0.1) is 0 Å². The van der Waals surface area contributed by atoms with Crippen molar-refractivity contribution in [3.05, 3.63) is 179 Å². The molecule has 58 heavy (non-hydrogen) atoms. The van der Waals surface area contributed by atoms with Crippen molar-refractivity contribution < 1.29 is 48.5 Å². The fraction of sp³-hybridized carbons (Fsp3) is 0.0870. The molecule has 1 atom stereocenters. The van der Waals surface area contributed by atoms with E-state index in [-0.39, 0.29) is 55.5 Å². The minimum absolute atomic E-state index is 0. The van der Waals surface area contributed by atoms with E-state index in [0.29, 0.717) is 0 Å².